The Morgan fingerprint density at radius 1 is 1.17 bits per heavy atom. The number of nitro benzene ring substituents is 1. The highest BCUT2D eigenvalue weighted by Gasteiger charge is 2.19. The molecular formula is C21H19N3O4S2. The van der Waals surface area contributed by atoms with E-state index < -0.39 is 10.9 Å². The van der Waals surface area contributed by atoms with E-state index in [-0.39, 0.29) is 10.8 Å². The molecule has 0 unspecified atom stereocenters. The Hall–Kier alpha value is -3.30. The predicted molar refractivity (Wildman–Crippen MR) is 123 cm³/mol. The van der Waals surface area contributed by atoms with E-state index in [4.69, 9.17) is 17.0 Å². The van der Waals surface area contributed by atoms with Crippen LogP contribution in [0.5, 0.6) is 0 Å². The standard InChI is InChI=1S/C21H19N3O4S2/c1-13-17(9-6-10-18(13)24(26)27)22-21(29)23-19-16(20(25)28-2)12-15(30-19)11-14-7-4-3-5-8-14/h3-10,12H,11H2,1-2H3,(H2,22,23,29). The summed E-state index contributed by atoms with van der Waals surface area (Å²) < 4.78 is 4.89. The molecule has 1 aromatic heterocycles. The fourth-order valence-electron chi connectivity index (χ4n) is 2.89. The lowest BCUT2D eigenvalue weighted by Gasteiger charge is -2.12. The summed E-state index contributed by atoms with van der Waals surface area (Å²) in [6.07, 6.45) is 0.668. The number of nitro groups is 1. The minimum Gasteiger partial charge on any atom is -0.465 e. The number of rotatable bonds is 6. The molecule has 3 rings (SSSR count). The number of carbonyl (C=O) groups excluding carboxylic acids is 1. The molecule has 0 bridgehead atoms. The Labute approximate surface area is 182 Å². The Morgan fingerprint density at radius 2 is 1.90 bits per heavy atom. The number of ether oxygens (including phenoxy) is 1. The van der Waals surface area contributed by atoms with Gasteiger partial charge in [0.15, 0.2) is 5.11 Å². The number of methoxy groups -OCH3 is 1. The van der Waals surface area contributed by atoms with E-state index in [0.717, 1.165) is 10.4 Å². The lowest BCUT2D eigenvalue weighted by molar-refractivity contribution is -0.385. The van der Waals surface area contributed by atoms with Crippen LogP contribution >= 0.6 is 23.6 Å². The number of hydrogen-bond donors (Lipinski definition) is 2. The Morgan fingerprint density at radius 3 is 2.57 bits per heavy atom. The molecule has 0 aliphatic heterocycles. The van der Waals surface area contributed by atoms with Crippen molar-refractivity contribution in [3.63, 3.8) is 0 Å². The molecule has 154 valence electrons. The van der Waals surface area contributed by atoms with Gasteiger partial charge in [-0.2, -0.15) is 0 Å². The number of thiocarbonyl (C=S) groups is 1. The van der Waals surface area contributed by atoms with Crippen LogP contribution in [0.1, 0.15) is 26.4 Å². The Kier molecular flexibility index (Phi) is 6.76. The molecule has 0 radical (unpaired) electrons. The molecule has 30 heavy (non-hydrogen) atoms. The normalized spacial score (nSPS) is 10.3. The maximum Gasteiger partial charge on any atom is 0.340 e. The summed E-state index contributed by atoms with van der Waals surface area (Å²) in [6, 6.07) is 16.4. The number of carbonyl (C=O) groups is 1. The third-order valence-electron chi connectivity index (χ3n) is 4.39. The lowest BCUT2D eigenvalue weighted by atomic mass is 10.1. The fourth-order valence-corrected chi connectivity index (χ4v) is 4.25. The van der Waals surface area contributed by atoms with E-state index in [9.17, 15) is 14.9 Å². The number of nitrogens with one attached hydrogen (secondary N) is 2. The second-order valence-electron chi connectivity index (χ2n) is 6.40. The zero-order valence-electron chi connectivity index (χ0n) is 16.3. The number of benzene rings is 2. The molecule has 0 aliphatic carbocycles. The molecule has 0 spiro atoms. The molecule has 0 amide bonds. The molecule has 0 fully saturated rings. The summed E-state index contributed by atoms with van der Waals surface area (Å²) in [5, 5.41) is 17.9. The van der Waals surface area contributed by atoms with E-state index in [1.807, 2.05) is 30.3 Å². The first kappa shape index (κ1) is 21.4. The van der Waals surface area contributed by atoms with Gasteiger partial charge in [-0.25, -0.2) is 4.79 Å². The topological polar surface area (TPSA) is 93.5 Å². The molecular weight excluding hydrogens is 422 g/mol. The highest BCUT2D eigenvalue weighted by Crippen LogP contribution is 2.31. The third kappa shape index (κ3) is 5.00. The van der Waals surface area contributed by atoms with Gasteiger partial charge in [-0.1, -0.05) is 36.4 Å². The first-order chi connectivity index (χ1) is 14.4. The van der Waals surface area contributed by atoms with Crippen LogP contribution < -0.4 is 10.6 Å². The second-order valence-corrected chi connectivity index (χ2v) is 7.94. The summed E-state index contributed by atoms with van der Waals surface area (Å²) in [4.78, 5) is 23.9. The molecule has 0 aliphatic rings. The number of anilines is 2. The molecule has 9 heteroatoms. The summed E-state index contributed by atoms with van der Waals surface area (Å²) in [5.74, 6) is -0.470. The van der Waals surface area contributed by atoms with Crippen LogP contribution in [0.15, 0.2) is 54.6 Å². The van der Waals surface area contributed by atoms with E-state index in [1.165, 1.54) is 24.5 Å². The largest absolute Gasteiger partial charge is 0.465 e. The lowest BCUT2D eigenvalue weighted by Crippen LogP contribution is -2.20. The fraction of sp³-hybridized carbons (Fsp3) is 0.143. The maximum atomic E-state index is 12.2. The van der Waals surface area contributed by atoms with Gasteiger partial charge in [0.1, 0.15) is 5.00 Å². The first-order valence-electron chi connectivity index (χ1n) is 8.96. The number of esters is 1. The summed E-state index contributed by atoms with van der Waals surface area (Å²) >= 11 is 6.77. The average Bonchev–Trinajstić information content (AvgIpc) is 3.11. The zero-order chi connectivity index (χ0) is 21.7. The predicted octanol–water partition coefficient (Wildman–Crippen LogP) is 5.15. The molecule has 1 heterocycles. The van der Waals surface area contributed by atoms with Gasteiger partial charge in [-0.15, -0.1) is 11.3 Å². The molecule has 3 aromatic rings. The van der Waals surface area contributed by atoms with Crippen LogP contribution in [-0.4, -0.2) is 23.1 Å². The minimum absolute atomic E-state index is 0.000629. The van der Waals surface area contributed by atoms with Crippen LogP contribution in [0.2, 0.25) is 0 Å². The van der Waals surface area contributed by atoms with Gasteiger partial charge in [-0.05, 0) is 36.8 Å². The van der Waals surface area contributed by atoms with Crippen molar-refractivity contribution in [3.8, 4) is 0 Å². The number of thiophene rings is 1. The number of hydrogen-bond acceptors (Lipinski definition) is 6. The summed E-state index contributed by atoms with van der Waals surface area (Å²) in [7, 11) is 1.32. The van der Waals surface area contributed by atoms with Gasteiger partial charge in [0.25, 0.3) is 5.69 Å². The monoisotopic (exact) mass is 441 g/mol. The van der Waals surface area contributed by atoms with E-state index >= 15 is 0 Å². The van der Waals surface area contributed by atoms with Crippen LogP contribution in [0.4, 0.5) is 16.4 Å². The third-order valence-corrected chi connectivity index (χ3v) is 5.64. The van der Waals surface area contributed by atoms with Gasteiger partial charge in [0, 0.05) is 17.4 Å². The van der Waals surface area contributed by atoms with Gasteiger partial charge in [-0.3, -0.25) is 10.1 Å². The average molecular weight is 442 g/mol. The van der Waals surface area contributed by atoms with Crippen LogP contribution in [0.3, 0.4) is 0 Å². The quantitative estimate of drug-likeness (QED) is 0.236. The van der Waals surface area contributed by atoms with Crippen molar-refractivity contribution in [2.75, 3.05) is 17.7 Å². The SMILES string of the molecule is COC(=O)c1cc(Cc2ccccc2)sc1NC(=S)Nc1cccc([N+](=O)[O-])c1C. The van der Waals surface area contributed by atoms with Crippen molar-refractivity contribution in [2.24, 2.45) is 0 Å². The van der Waals surface area contributed by atoms with Crippen molar-refractivity contribution in [3.05, 3.63) is 86.3 Å². The molecule has 0 atom stereocenters. The van der Waals surface area contributed by atoms with Crippen LogP contribution in [0, 0.1) is 17.0 Å². The Balaban J connectivity index is 1.81. The minimum atomic E-state index is -0.470. The van der Waals surface area contributed by atoms with Gasteiger partial charge in [0.05, 0.1) is 28.8 Å². The summed E-state index contributed by atoms with van der Waals surface area (Å²) in [6.45, 7) is 1.64. The van der Waals surface area contributed by atoms with E-state index in [2.05, 4.69) is 10.6 Å². The van der Waals surface area contributed by atoms with E-state index in [0.29, 0.717) is 28.2 Å². The van der Waals surface area contributed by atoms with E-state index in [1.54, 1.807) is 25.1 Å². The van der Waals surface area contributed by atoms with Crippen molar-refractivity contribution in [1.82, 2.24) is 0 Å². The van der Waals surface area contributed by atoms with Crippen molar-refractivity contribution >= 4 is 51.0 Å². The molecule has 0 saturated heterocycles. The first-order valence-corrected chi connectivity index (χ1v) is 10.2. The molecule has 0 saturated carbocycles. The van der Waals surface area contributed by atoms with Gasteiger partial charge < -0.3 is 15.4 Å². The van der Waals surface area contributed by atoms with Gasteiger partial charge in [0.2, 0.25) is 0 Å². The van der Waals surface area contributed by atoms with Crippen molar-refractivity contribution in [1.29, 1.82) is 0 Å². The molecule has 7 nitrogen and oxygen atoms in total. The van der Waals surface area contributed by atoms with Crippen LogP contribution in [-0.2, 0) is 11.2 Å². The zero-order valence-corrected chi connectivity index (χ0v) is 17.9. The molecule has 2 aromatic carbocycles. The maximum absolute atomic E-state index is 12.2. The van der Waals surface area contributed by atoms with Crippen LogP contribution in [0.25, 0.3) is 0 Å². The van der Waals surface area contributed by atoms with Gasteiger partial charge >= 0.3 is 5.97 Å². The Bertz CT molecular complexity index is 1100. The highest BCUT2D eigenvalue weighted by molar-refractivity contribution is 7.80. The van der Waals surface area contributed by atoms with Crippen molar-refractivity contribution < 1.29 is 14.5 Å². The van der Waals surface area contributed by atoms with Crippen molar-refractivity contribution in [2.45, 2.75) is 13.3 Å². The smallest absolute Gasteiger partial charge is 0.340 e. The second kappa shape index (κ2) is 9.47. The number of nitrogens with zero attached hydrogens (tertiary/aromatic N) is 1. The molecule has 2 N–H and O–H groups in total. The highest BCUT2D eigenvalue weighted by atomic mass is 32.1. The summed E-state index contributed by atoms with van der Waals surface area (Å²) in [5.41, 5.74) is 2.49.